The minimum atomic E-state index is -0.905. The molecule has 0 aromatic heterocycles. The minimum Gasteiger partial charge on any atom is -0.481 e. The second-order valence-corrected chi connectivity index (χ2v) is 5.63. The minimum absolute atomic E-state index is 0.150. The number of carbonyl (C=O) groups excluding carboxylic acids is 1. The first-order chi connectivity index (χ1) is 8.88. The van der Waals surface area contributed by atoms with Crippen molar-refractivity contribution in [3.05, 3.63) is 33.8 Å². The highest BCUT2D eigenvalue weighted by Crippen LogP contribution is 2.40. The molecule has 1 aromatic rings. The van der Waals surface area contributed by atoms with Gasteiger partial charge in [-0.2, -0.15) is 0 Å². The molecular formula is C13H13Cl2NO3. The van der Waals surface area contributed by atoms with Crippen LogP contribution in [0.1, 0.15) is 12.0 Å². The van der Waals surface area contributed by atoms with Crippen LogP contribution >= 0.6 is 23.2 Å². The molecule has 0 heterocycles. The molecule has 0 bridgehead atoms. The summed E-state index contributed by atoms with van der Waals surface area (Å²) in [5.74, 6) is -1.98. The summed E-state index contributed by atoms with van der Waals surface area (Å²) >= 11 is 11.8. The number of rotatable bonds is 4. The molecule has 102 valence electrons. The second kappa shape index (κ2) is 5.39. The van der Waals surface area contributed by atoms with Crippen LogP contribution in [0.4, 0.5) is 0 Å². The topological polar surface area (TPSA) is 57.6 Å². The molecule has 19 heavy (non-hydrogen) atoms. The Morgan fingerprint density at radius 3 is 2.32 bits per heavy atom. The molecule has 1 aliphatic rings. The molecule has 2 atom stereocenters. The van der Waals surface area contributed by atoms with E-state index in [-0.39, 0.29) is 5.91 Å². The number of hydrogen-bond acceptors (Lipinski definition) is 2. The van der Waals surface area contributed by atoms with Crippen LogP contribution in [0.15, 0.2) is 18.2 Å². The van der Waals surface area contributed by atoms with Gasteiger partial charge in [0, 0.05) is 23.6 Å². The van der Waals surface area contributed by atoms with Gasteiger partial charge in [-0.1, -0.05) is 23.2 Å². The van der Waals surface area contributed by atoms with Gasteiger partial charge in [0.25, 0.3) is 0 Å². The maximum atomic E-state index is 12.0. The van der Waals surface area contributed by atoms with Gasteiger partial charge >= 0.3 is 5.97 Å². The van der Waals surface area contributed by atoms with E-state index in [1.807, 2.05) is 0 Å². The van der Waals surface area contributed by atoms with Crippen LogP contribution in [0.2, 0.25) is 10.0 Å². The predicted octanol–water partition coefficient (Wildman–Crippen LogP) is 2.67. The summed E-state index contributed by atoms with van der Waals surface area (Å²) in [6.45, 7) is 0.363. The summed E-state index contributed by atoms with van der Waals surface area (Å²) < 4.78 is 0. The summed E-state index contributed by atoms with van der Waals surface area (Å²) in [5.41, 5.74) is 0.820. The molecule has 2 rings (SSSR count). The van der Waals surface area contributed by atoms with Gasteiger partial charge in [0.1, 0.15) is 0 Å². The van der Waals surface area contributed by atoms with E-state index in [1.54, 1.807) is 25.2 Å². The van der Waals surface area contributed by atoms with Gasteiger partial charge in [0.15, 0.2) is 0 Å². The van der Waals surface area contributed by atoms with Gasteiger partial charge in [0.2, 0.25) is 5.91 Å². The maximum Gasteiger partial charge on any atom is 0.307 e. The van der Waals surface area contributed by atoms with Crippen LogP contribution < -0.4 is 0 Å². The van der Waals surface area contributed by atoms with Crippen LogP contribution in [0.25, 0.3) is 0 Å². The van der Waals surface area contributed by atoms with E-state index in [4.69, 9.17) is 28.3 Å². The number of amides is 1. The Bertz CT molecular complexity index is 512. The SMILES string of the molecule is CN(Cc1cc(Cl)cc(Cl)c1)C(=O)C1CC1C(=O)O. The van der Waals surface area contributed by atoms with E-state index in [0.717, 1.165) is 5.56 Å². The van der Waals surface area contributed by atoms with Crippen molar-refractivity contribution in [1.82, 2.24) is 4.90 Å². The zero-order valence-electron chi connectivity index (χ0n) is 10.3. The highest BCUT2D eigenvalue weighted by molar-refractivity contribution is 6.34. The summed E-state index contributed by atoms with van der Waals surface area (Å²) in [4.78, 5) is 24.2. The Labute approximate surface area is 120 Å². The molecule has 1 aliphatic carbocycles. The molecule has 2 unspecified atom stereocenters. The highest BCUT2D eigenvalue weighted by Gasteiger charge is 2.49. The lowest BCUT2D eigenvalue weighted by Gasteiger charge is -2.17. The third-order valence-electron chi connectivity index (χ3n) is 3.14. The molecule has 1 saturated carbocycles. The molecule has 0 spiro atoms. The summed E-state index contributed by atoms with van der Waals surface area (Å²) in [5, 5.41) is 9.84. The van der Waals surface area contributed by atoms with Crippen molar-refractivity contribution in [2.24, 2.45) is 11.8 Å². The number of carboxylic acids is 1. The van der Waals surface area contributed by atoms with E-state index >= 15 is 0 Å². The van der Waals surface area contributed by atoms with Crippen molar-refractivity contribution in [3.63, 3.8) is 0 Å². The summed E-state index contributed by atoms with van der Waals surface area (Å²) in [7, 11) is 1.65. The first kappa shape index (κ1) is 14.2. The fraction of sp³-hybridized carbons (Fsp3) is 0.385. The van der Waals surface area contributed by atoms with Gasteiger partial charge in [-0.05, 0) is 30.2 Å². The number of aliphatic carboxylic acids is 1. The van der Waals surface area contributed by atoms with E-state index < -0.39 is 17.8 Å². The predicted molar refractivity (Wildman–Crippen MR) is 72.2 cm³/mol. The van der Waals surface area contributed by atoms with Gasteiger partial charge < -0.3 is 10.0 Å². The lowest BCUT2D eigenvalue weighted by atomic mass is 10.2. The van der Waals surface area contributed by atoms with Crippen LogP contribution in [0.3, 0.4) is 0 Å². The molecule has 1 aromatic carbocycles. The molecule has 0 saturated heterocycles. The number of nitrogens with zero attached hydrogens (tertiary/aromatic N) is 1. The molecule has 0 radical (unpaired) electrons. The number of hydrogen-bond donors (Lipinski definition) is 1. The normalized spacial score (nSPS) is 21.0. The van der Waals surface area contributed by atoms with Crippen molar-refractivity contribution < 1.29 is 14.7 Å². The average molecular weight is 302 g/mol. The number of carbonyl (C=O) groups is 2. The molecule has 6 heteroatoms. The zero-order chi connectivity index (χ0) is 14.2. The summed E-state index contributed by atoms with van der Waals surface area (Å²) in [6.07, 6.45) is 0.425. The summed E-state index contributed by atoms with van der Waals surface area (Å²) in [6, 6.07) is 5.09. The molecule has 1 amide bonds. The fourth-order valence-electron chi connectivity index (χ4n) is 2.08. The van der Waals surface area contributed by atoms with Gasteiger partial charge in [-0.25, -0.2) is 0 Å². The Hall–Kier alpha value is -1.26. The second-order valence-electron chi connectivity index (χ2n) is 4.76. The van der Waals surface area contributed by atoms with E-state index in [0.29, 0.717) is 23.0 Å². The third-order valence-corrected chi connectivity index (χ3v) is 3.58. The highest BCUT2D eigenvalue weighted by atomic mass is 35.5. The van der Waals surface area contributed by atoms with Crippen LogP contribution in [-0.2, 0) is 16.1 Å². The number of carboxylic acid groups (broad SMARTS) is 1. The molecular weight excluding hydrogens is 289 g/mol. The Morgan fingerprint density at radius 2 is 1.84 bits per heavy atom. The molecule has 1 N–H and O–H groups in total. The van der Waals surface area contributed by atoms with Gasteiger partial charge in [-0.3, -0.25) is 9.59 Å². The van der Waals surface area contributed by atoms with Crippen molar-refractivity contribution in [1.29, 1.82) is 0 Å². The van der Waals surface area contributed by atoms with Crippen molar-refractivity contribution in [2.75, 3.05) is 7.05 Å². The first-order valence-electron chi connectivity index (χ1n) is 5.81. The monoisotopic (exact) mass is 301 g/mol. The van der Waals surface area contributed by atoms with E-state index in [2.05, 4.69) is 0 Å². The van der Waals surface area contributed by atoms with E-state index in [9.17, 15) is 9.59 Å². The fourth-order valence-corrected chi connectivity index (χ4v) is 2.65. The van der Waals surface area contributed by atoms with Crippen LogP contribution in [0.5, 0.6) is 0 Å². The molecule has 1 fully saturated rings. The van der Waals surface area contributed by atoms with Crippen molar-refractivity contribution in [3.8, 4) is 0 Å². The average Bonchev–Trinajstić information content (AvgIpc) is 3.06. The smallest absolute Gasteiger partial charge is 0.307 e. The van der Waals surface area contributed by atoms with E-state index in [1.165, 1.54) is 4.90 Å². The Balaban J connectivity index is 1.99. The zero-order valence-corrected chi connectivity index (χ0v) is 11.8. The quantitative estimate of drug-likeness (QED) is 0.930. The largest absolute Gasteiger partial charge is 0.481 e. The van der Waals surface area contributed by atoms with Gasteiger partial charge in [0.05, 0.1) is 11.8 Å². The molecule has 4 nitrogen and oxygen atoms in total. The third kappa shape index (κ3) is 3.39. The molecule has 0 aliphatic heterocycles. The number of benzene rings is 1. The number of halogens is 2. The van der Waals surface area contributed by atoms with Gasteiger partial charge in [-0.15, -0.1) is 0 Å². The lowest BCUT2D eigenvalue weighted by molar-refractivity contribution is -0.141. The van der Waals surface area contributed by atoms with Crippen molar-refractivity contribution in [2.45, 2.75) is 13.0 Å². The van der Waals surface area contributed by atoms with Crippen LogP contribution in [0, 0.1) is 11.8 Å². The standard InChI is InChI=1S/C13H13Cl2NO3/c1-16(12(17)10-5-11(10)13(18)19)6-7-2-8(14)4-9(15)3-7/h2-4,10-11H,5-6H2,1H3,(H,18,19). The maximum absolute atomic E-state index is 12.0. The van der Waals surface area contributed by atoms with Crippen molar-refractivity contribution >= 4 is 35.1 Å². The Kier molecular flexibility index (Phi) is 4.02. The lowest BCUT2D eigenvalue weighted by Crippen LogP contribution is -2.28. The first-order valence-corrected chi connectivity index (χ1v) is 6.57. The van der Waals surface area contributed by atoms with Crippen LogP contribution in [-0.4, -0.2) is 28.9 Å². The Morgan fingerprint density at radius 1 is 1.26 bits per heavy atom.